The highest BCUT2D eigenvalue weighted by Gasteiger charge is 2.30. The van der Waals surface area contributed by atoms with Gasteiger partial charge in [-0.15, -0.1) is 0 Å². The van der Waals surface area contributed by atoms with Crippen molar-refractivity contribution in [3.05, 3.63) is 76.3 Å². The molecule has 1 heterocycles. The van der Waals surface area contributed by atoms with Crippen LogP contribution in [0.15, 0.2) is 53.6 Å². The fourth-order valence-electron chi connectivity index (χ4n) is 3.61. The van der Waals surface area contributed by atoms with Crippen molar-refractivity contribution in [1.82, 2.24) is 5.43 Å². The summed E-state index contributed by atoms with van der Waals surface area (Å²) in [7, 11) is 0. The van der Waals surface area contributed by atoms with E-state index in [2.05, 4.69) is 24.4 Å². The Balaban J connectivity index is 1.49. The third-order valence-electron chi connectivity index (χ3n) is 5.44. The zero-order valence-corrected chi connectivity index (χ0v) is 16.1. The van der Waals surface area contributed by atoms with Crippen molar-refractivity contribution < 1.29 is 9.59 Å². The highest BCUT2D eigenvalue weighted by Crippen LogP contribution is 2.36. The van der Waals surface area contributed by atoms with E-state index in [0.717, 1.165) is 27.6 Å². The SMILES string of the molecule is Cc1ccc(/C=N\NC(=O)CN2C(=O)c3cccc4cccc2c34)c(C)c1C. The molecule has 0 bridgehead atoms. The van der Waals surface area contributed by atoms with E-state index in [0.29, 0.717) is 5.56 Å². The molecule has 2 amide bonds. The van der Waals surface area contributed by atoms with E-state index < -0.39 is 0 Å². The van der Waals surface area contributed by atoms with Crippen molar-refractivity contribution >= 4 is 34.5 Å². The highest BCUT2D eigenvalue weighted by atomic mass is 16.2. The third kappa shape index (κ3) is 2.95. The van der Waals surface area contributed by atoms with Gasteiger partial charge in [0.25, 0.3) is 11.8 Å². The first-order valence-electron chi connectivity index (χ1n) is 9.19. The number of amides is 2. The standard InChI is InChI=1S/C23H21N3O2/c1-14-10-11-18(16(3)15(14)2)12-24-25-21(27)13-26-20-9-5-7-17-6-4-8-19(22(17)20)23(26)28/h4-12H,13H2,1-3H3,(H,25,27)/b24-12-. The van der Waals surface area contributed by atoms with Crippen LogP contribution in [0.3, 0.4) is 0 Å². The molecule has 0 aliphatic carbocycles. The van der Waals surface area contributed by atoms with Gasteiger partial charge in [-0.3, -0.25) is 14.5 Å². The molecule has 0 unspecified atom stereocenters. The van der Waals surface area contributed by atoms with Crippen LogP contribution < -0.4 is 10.3 Å². The molecule has 3 aromatic rings. The molecule has 1 N–H and O–H groups in total. The summed E-state index contributed by atoms with van der Waals surface area (Å²) in [4.78, 5) is 26.6. The molecular formula is C23H21N3O2. The molecule has 0 spiro atoms. The van der Waals surface area contributed by atoms with Crippen LogP contribution >= 0.6 is 0 Å². The van der Waals surface area contributed by atoms with E-state index in [-0.39, 0.29) is 18.4 Å². The monoisotopic (exact) mass is 371 g/mol. The summed E-state index contributed by atoms with van der Waals surface area (Å²) in [5, 5.41) is 5.97. The maximum atomic E-state index is 12.7. The van der Waals surface area contributed by atoms with Crippen LogP contribution in [0.5, 0.6) is 0 Å². The van der Waals surface area contributed by atoms with Gasteiger partial charge >= 0.3 is 0 Å². The lowest BCUT2D eigenvalue weighted by atomic mass is 10.00. The lowest BCUT2D eigenvalue weighted by Gasteiger charge is -2.16. The zero-order valence-electron chi connectivity index (χ0n) is 16.1. The summed E-state index contributed by atoms with van der Waals surface area (Å²) >= 11 is 0. The van der Waals surface area contributed by atoms with Crippen molar-refractivity contribution in [3.63, 3.8) is 0 Å². The van der Waals surface area contributed by atoms with Crippen LogP contribution in [-0.4, -0.2) is 24.6 Å². The molecule has 0 saturated carbocycles. The molecule has 28 heavy (non-hydrogen) atoms. The molecule has 0 atom stereocenters. The van der Waals surface area contributed by atoms with Gasteiger partial charge in [0.1, 0.15) is 6.54 Å². The summed E-state index contributed by atoms with van der Waals surface area (Å²) in [5.74, 6) is -0.494. The number of nitrogens with one attached hydrogen (secondary N) is 1. The first-order valence-corrected chi connectivity index (χ1v) is 9.19. The molecule has 0 saturated heterocycles. The summed E-state index contributed by atoms with van der Waals surface area (Å²) in [6.45, 7) is 6.09. The number of carbonyl (C=O) groups is 2. The number of hydrogen-bond donors (Lipinski definition) is 1. The van der Waals surface area contributed by atoms with Crippen LogP contribution in [0.2, 0.25) is 0 Å². The lowest BCUT2D eigenvalue weighted by molar-refractivity contribution is -0.119. The van der Waals surface area contributed by atoms with Crippen LogP contribution in [0, 0.1) is 20.8 Å². The molecule has 140 valence electrons. The Labute approximate surface area is 163 Å². The Bertz CT molecular complexity index is 1140. The average molecular weight is 371 g/mol. The second kappa shape index (κ2) is 6.93. The summed E-state index contributed by atoms with van der Waals surface area (Å²) < 4.78 is 0. The molecule has 5 heteroatoms. The van der Waals surface area contributed by atoms with Crippen molar-refractivity contribution in [2.45, 2.75) is 20.8 Å². The number of nitrogens with zero attached hydrogens (tertiary/aromatic N) is 2. The zero-order chi connectivity index (χ0) is 19.8. The van der Waals surface area contributed by atoms with Gasteiger partial charge in [0.15, 0.2) is 0 Å². The predicted octanol–water partition coefficient (Wildman–Crippen LogP) is 3.88. The predicted molar refractivity (Wildman–Crippen MR) is 112 cm³/mol. The van der Waals surface area contributed by atoms with Crippen molar-refractivity contribution in [2.24, 2.45) is 5.10 Å². The van der Waals surface area contributed by atoms with Crippen LogP contribution in [0.25, 0.3) is 10.8 Å². The number of hydrazone groups is 1. The quantitative estimate of drug-likeness (QED) is 0.559. The minimum absolute atomic E-state index is 0.0735. The average Bonchev–Trinajstić information content (AvgIpc) is 2.96. The molecule has 1 aliphatic heterocycles. The molecular weight excluding hydrogens is 350 g/mol. The molecule has 1 aliphatic rings. The molecule has 0 fully saturated rings. The Kier molecular flexibility index (Phi) is 4.43. The number of rotatable bonds is 4. The van der Waals surface area contributed by atoms with Gasteiger partial charge in [0.2, 0.25) is 0 Å². The molecule has 0 radical (unpaired) electrons. The lowest BCUT2D eigenvalue weighted by Crippen LogP contribution is -2.37. The van der Waals surface area contributed by atoms with Gasteiger partial charge in [-0.1, -0.05) is 36.4 Å². The van der Waals surface area contributed by atoms with E-state index in [1.807, 2.05) is 49.4 Å². The highest BCUT2D eigenvalue weighted by molar-refractivity contribution is 6.26. The van der Waals surface area contributed by atoms with Gasteiger partial charge in [-0.25, -0.2) is 5.43 Å². The summed E-state index contributed by atoms with van der Waals surface area (Å²) in [5.41, 5.74) is 8.46. The number of benzene rings is 3. The van der Waals surface area contributed by atoms with Gasteiger partial charge in [0, 0.05) is 10.9 Å². The number of aryl methyl sites for hydroxylation is 1. The van der Waals surface area contributed by atoms with Crippen molar-refractivity contribution in [3.8, 4) is 0 Å². The Morgan fingerprint density at radius 1 is 1.04 bits per heavy atom. The largest absolute Gasteiger partial charge is 0.298 e. The second-order valence-electron chi connectivity index (χ2n) is 7.09. The topological polar surface area (TPSA) is 61.8 Å². The number of anilines is 1. The first kappa shape index (κ1) is 17.9. The molecule has 4 rings (SSSR count). The van der Waals surface area contributed by atoms with E-state index in [1.54, 1.807) is 12.3 Å². The minimum atomic E-state index is -0.337. The van der Waals surface area contributed by atoms with E-state index >= 15 is 0 Å². The van der Waals surface area contributed by atoms with E-state index in [4.69, 9.17) is 0 Å². The molecule has 5 nitrogen and oxygen atoms in total. The Morgan fingerprint density at radius 2 is 1.79 bits per heavy atom. The smallest absolute Gasteiger partial charge is 0.260 e. The Hall–Kier alpha value is -3.47. The normalized spacial score (nSPS) is 13.0. The first-order chi connectivity index (χ1) is 13.5. The van der Waals surface area contributed by atoms with Gasteiger partial charge in [-0.05, 0) is 60.5 Å². The summed E-state index contributed by atoms with van der Waals surface area (Å²) in [6.07, 6.45) is 1.64. The second-order valence-corrected chi connectivity index (χ2v) is 7.09. The minimum Gasteiger partial charge on any atom is -0.298 e. The molecule has 0 aromatic heterocycles. The van der Waals surface area contributed by atoms with E-state index in [9.17, 15) is 9.59 Å². The van der Waals surface area contributed by atoms with Crippen LogP contribution in [0.1, 0.15) is 32.6 Å². The maximum absolute atomic E-state index is 12.7. The van der Waals surface area contributed by atoms with Gasteiger partial charge in [-0.2, -0.15) is 5.10 Å². The number of carbonyl (C=O) groups excluding carboxylic acids is 2. The fraction of sp³-hybridized carbons (Fsp3) is 0.174. The van der Waals surface area contributed by atoms with Gasteiger partial charge in [0.05, 0.1) is 11.9 Å². The van der Waals surface area contributed by atoms with Gasteiger partial charge < -0.3 is 0 Å². The fourth-order valence-corrected chi connectivity index (χ4v) is 3.61. The number of hydrogen-bond acceptors (Lipinski definition) is 3. The maximum Gasteiger partial charge on any atom is 0.260 e. The van der Waals surface area contributed by atoms with Crippen LogP contribution in [0.4, 0.5) is 5.69 Å². The van der Waals surface area contributed by atoms with Crippen molar-refractivity contribution in [2.75, 3.05) is 11.4 Å². The van der Waals surface area contributed by atoms with Crippen molar-refractivity contribution in [1.29, 1.82) is 0 Å². The van der Waals surface area contributed by atoms with E-state index in [1.165, 1.54) is 16.0 Å². The third-order valence-corrected chi connectivity index (χ3v) is 5.44. The van der Waals surface area contributed by atoms with Crippen LogP contribution in [-0.2, 0) is 4.79 Å². The molecule has 3 aromatic carbocycles. The Morgan fingerprint density at radius 3 is 2.57 bits per heavy atom. The summed E-state index contributed by atoms with van der Waals surface area (Å²) in [6, 6.07) is 15.4.